The number of rotatable bonds is 30. The second-order valence-electron chi connectivity index (χ2n) is 23.3. The van der Waals surface area contributed by atoms with E-state index in [1.54, 1.807) is 77.8 Å². The van der Waals surface area contributed by atoms with Crippen LogP contribution in [-0.2, 0) is 76.3 Å². The van der Waals surface area contributed by atoms with Crippen LogP contribution in [0.15, 0.2) is 48.5 Å². The fourth-order valence-electron chi connectivity index (χ4n) is 11.5. The lowest BCUT2D eigenvalue weighted by molar-refractivity contribution is -0.387. The monoisotopic (exact) mass is 1270 g/mol. The molecule has 27 nitrogen and oxygen atoms in total. The number of amides is 5. The number of likely N-dealkylation sites (tertiary alicyclic amines) is 1. The molecule has 2 aliphatic rings. The minimum absolute atomic E-state index is 0.0262. The van der Waals surface area contributed by atoms with Crippen LogP contribution < -0.4 is 15.4 Å². The van der Waals surface area contributed by atoms with Crippen molar-refractivity contribution in [2.45, 2.75) is 194 Å². The average Bonchev–Trinajstić information content (AvgIpc) is 0.881. The van der Waals surface area contributed by atoms with E-state index in [0.717, 1.165) is 44.9 Å². The van der Waals surface area contributed by atoms with Crippen molar-refractivity contribution >= 4 is 59.3 Å². The van der Waals surface area contributed by atoms with Crippen LogP contribution in [0.5, 0.6) is 5.75 Å². The Kier molecular flexibility index (Phi) is 28.4. The van der Waals surface area contributed by atoms with Crippen LogP contribution in [0.3, 0.4) is 0 Å². The van der Waals surface area contributed by atoms with Gasteiger partial charge in [0.05, 0.1) is 67.2 Å². The van der Waals surface area contributed by atoms with Gasteiger partial charge in [-0.2, -0.15) is 0 Å². The first-order valence-electron chi connectivity index (χ1n) is 29.9. The summed E-state index contributed by atoms with van der Waals surface area (Å²) in [5, 5.41) is 29.5. The summed E-state index contributed by atoms with van der Waals surface area (Å²) in [7, 11) is 6.81. The first-order valence-corrected chi connectivity index (χ1v) is 29.9. The number of esters is 4. The summed E-state index contributed by atoms with van der Waals surface area (Å²) in [6, 6.07) is 8.03. The highest BCUT2D eigenvalue weighted by Gasteiger charge is 2.56. The van der Waals surface area contributed by atoms with Crippen molar-refractivity contribution in [2.24, 2.45) is 23.7 Å². The van der Waals surface area contributed by atoms with Crippen LogP contribution in [0.25, 0.3) is 0 Å². The molecule has 5 amide bonds. The van der Waals surface area contributed by atoms with Gasteiger partial charge in [-0.1, -0.05) is 91.3 Å². The maximum atomic E-state index is 14.9. The Labute approximate surface area is 525 Å². The van der Waals surface area contributed by atoms with E-state index in [1.165, 1.54) is 32.2 Å². The zero-order chi connectivity index (χ0) is 67.6. The number of carbonyl (C=O) groups excluding carboxylic acids is 9. The molecule has 3 N–H and O–H groups in total. The first kappa shape index (κ1) is 74.5. The zero-order valence-electron chi connectivity index (χ0n) is 54.2. The number of ether oxygens (including phenoxy) is 9. The highest BCUT2D eigenvalue weighted by molar-refractivity contribution is 5.92. The van der Waals surface area contributed by atoms with E-state index in [2.05, 4.69) is 16.6 Å². The number of nitrogens with zero attached hydrogens (tertiary/aromatic N) is 4. The molecule has 2 fully saturated rings. The van der Waals surface area contributed by atoms with E-state index in [4.69, 9.17) is 49.1 Å². The Morgan fingerprint density at radius 1 is 0.811 bits per heavy atom. The molecule has 27 heteroatoms. The number of nitrogens with one attached hydrogen (secondary N) is 2. The van der Waals surface area contributed by atoms with Crippen molar-refractivity contribution in [2.75, 3.05) is 42.0 Å². The van der Waals surface area contributed by atoms with Crippen LogP contribution in [-0.4, -0.2) is 193 Å². The van der Waals surface area contributed by atoms with Gasteiger partial charge in [0.25, 0.3) is 0 Å². The molecule has 16 atom stereocenters. The van der Waals surface area contributed by atoms with Crippen LogP contribution in [0.1, 0.15) is 132 Å². The number of hydrogen-bond donors (Lipinski definition) is 3. The molecule has 2 heterocycles. The minimum Gasteiger partial charge on any atom is -0.467 e. The molecule has 0 aliphatic carbocycles. The van der Waals surface area contributed by atoms with Gasteiger partial charge >= 0.3 is 35.7 Å². The topological polar surface area (TPSA) is 334 Å². The number of carbonyl (C=O) groups is 9. The van der Waals surface area contributed by atoms with Gasteiger partial charge in [-0.3, -0.25) is 48.6 Å². The fourth-order valence-corrected chi connectivity index (χ4v) is 11.5. The summed E-state index contributed by atoms with van der Waals surface area (Å²) in [4.78, 5) is 138. The summed E-state index contributed by atoms with van der Waals surface area (Å²) in [5.41, 5.74) is -0.161. The maximum absolute atomic E-state index is 14.9. The van der Waals surface area contributed by atoms with Crippen LogP contribution >= 0.6 is 0 Å². The van der Waals surface area contributed by atoms with Crippen molar-refractivity contribution in [3.8, 4) is 18.1 Å². The van der Waals surface area contributed by atoms with E-state index in [-0.39, 0.29) is 36.1 Å². The van der Waals surface area contributed by atoms with Crippen molar-refractivity contribution in [1.82, 2.24) is 25.3 Å². The second kappa shape index (κ2) is 34.3. The fraction of sp³-hybridized carbons (Fsp3) is 0.635. The summed E-state index contributed by atoms with van der Waals surface area (Å²) >= 11 is 0. The Balaban J connectivity index is 1.56. The number of nitro benzene ring substituents is 1. The van der Waals surface area contributed by atoms with Crippen LogP contribution in [0.2, 0.25) is 0 Å². The standard InChI is InChI=1S/C63H90N6O21/c1-18-24-45(42-28-29-46(44(31-42)69(80)81)88-62-57(87-40(12)72)55(86-39(11)71)54(85-38(10)70)56(90-62)61(78)84-17)89-63(79)67(14)50(34(5)6)59(76)65-49(33(3)4)60(77)66(13)51(35(7)19-2)47(82-15)32-48(73)68-30-23-27-43(68)53(83-16)36(8)58(75)64-37(9)52(74)41-25-21-20-22-26-41/h1,20-22,25-26,28-29,31,33-37,43,45,47,49-57,62,74H,19,23-24,27,30,32H2,2-17H3,(H,64,75)(H,65,76)/t35-,36+,37+,43-,45?,47+,49-,50?,51-,52+,53+,54?,55?,56?,57?,62?/m0/s1. The molecule has 498 valence electrons. The highest BCUT2D eigenvalue weighted by atomic mass is 16.7. The number of nitro groups is 1. The van der Waals surface area contributed by atoms with E-state index >= 15 is 0 Å². The van der Waals surface area contributed by atoms with Gasteiger partial charge in [0.15, 0.2) is 24.1 Å². The van der Waals surface area contributed by atoms with Crippen LogP contribution in [0.4, 0.5) is 10.5 Å². The minimum atomic E-state index is -1.96. The molecule has 0 saturated carbocycles. The largest absolute Gasteiger partial charge is 0.467 e. The summed E-state index contributed by atoms with van der Waals surface area (Å²) in [5.74, 6) is -6.18. The maximum Gasteiger partial charge on any atom is 0.410 e. The predicted octanol–water partition coefficient (Wildman–Crippen LogP) is 5.12. The highest BCUT2D eigenvalue weighted by Crippen LogP contribution is 2.38. The number of hydrogen-bond acceptors (Lipinski definition) is 21. The molecule has 4 rings (SSSR count). The van der Waals surface area contributed by atoms with Crippen molar-refractivity contribution in [3.05, 3.63) is 69.8 Å². The number of likely N-dealkylation sites (N-methyl/N-ethyl adjacent to an activating group) is 2. The Bertz CT molecular complexity index is 2870. The Morgan fingerprint density at radius 2 is 1.42 bits per heavy atom. The number of benzene rings is 2. The van der Waals surface area contributed by atoms with Gasteiger partial charge in [-0.05, 0) is 49.1 Å². The molecule has 0 spiro atoms. The summed E-state index contributed by atoms with van der Waals surface area (Å²) in [6.45, 7) is 17.4. The van der Waals surface area contributed by atoms with E-state index in [0.29, 0.717) is 31.4 Å². The SMILES string of the molecule is C#CCC(OC(=O)N(C)C(C(=O)N[C@H](C(=O)N(C)[C@@H]([C@@H](C)CC)[C@@H](CC(=O)N1CCC[C@H]1[C@H](OC)[C@@H](C)C(=O)N[C@H](C)[C@@H](O)c1ccccc1)OC)C(C)C)C(C)C)c1ccc(OC2OC(C(=O)OC)C(OC(C)=O)C(OC(C)=O)C2OC(C)=O)c([N+](=O)[O-])c1. The lowest BCUT2D eigenvalue weighted by Gasteiger charge is -2.43. The van der Waals surface area contributed by atoms with Crippen molar-refractivity contribution in [3.63, 3.8) is 0 Å². The number of aliphatic hydroxyl groups is 1. The normalized spacial score (nSPS) is 21.4. The second-order valence-corrected chi connectivity index (χ2v) is 23.3. The molecule has 7 unspecified atom stereocenters. The molecular formula is C63H90N6O21. The quantitative estimate of drug-likeness (QED) is 0.0300. The van der Waals surface area contributed by atoms with E-state index < -0.39 is 161 Å². The van der Waals surface area contributed by atoms with Crippen molar-refractivity contribution in [1.29, 1.82) is 0 Å². The first-order chi connectivity index (χ1) is 42.4. The molecule has 2 aliphatic heterocycles. The van der Waals surface area contributed by atoms with Gasteiger partial charge in [-0.15, -0.1) is 12.3 Å². The number of methoxy groups -OCH3 is 3. The molecule has 0 radical (unpaired) electrons. The molecule has 2 saturated heterocycles. The van der Waals surface area contributed by atoms with Crippen molar-refractivity contribution < 1.29 is 95.8 Å². The summed E-state index contributed by atoms with van der Waals surface area (Å²) in [6.07, 6.45) is -7.14. The third-order valence-electron chi connectivity index (χ3n) is 16.3. The molecular weight excluding hydrogens is 1180 g/mol. The Morgan fingerprint density at radius 3 is 1.96 bits per heavy atom. The van der Waals surface area contributed by atoms with E-state index in [9.17, 15) is 58.4 Å². The molecule has 90 heavy (non-hydrogen) atoms. The number of aliphatic hydroxyl groups excluding tert-OH is 1. The Hall–Kier alpha value is -7.93. The van der Waals surface area contributed by atoms with Gasteiger partial charge in [0.1, 0.15) is 18.2 Å². The smallest absolute Gasteiger partial charge is 0.410 e. The third-order valence-corrected chi connectivity index (χ3v) is 16.3. The third kappa shape index (κ3) is 19.1. The summed E-state index contributed by atoms with van der Waals surface area (Å²) < 4.78 is 50.4. The van der Waals surface area contributed by atoms with Gasteiger partial charge in [-0.25, -0.2) is 9.59 Å². The lowest BCUT2D eigenvalue weighted by Crippen LogP contribution is -2.64. The predicted molar refractivity (Wildman–Crippen MR) is 322 cm³/mol. The number of terminal acetylenes is 1. The van der Waals surface area contributed by atoms with Crippen LogP contribution in [0, 0.1) is 46.1 Å². The molecule has 2 aromatic rings. The zero-order valence-corrected chi connectivity index (χ0v) is 54.2. The van der Waals surface area contributed by atoms with Gasteiger partial charge in [0.2, 0.25) is 36.0 Å². The van der Waals surface area contributed by atoms with E-state index in [1.807, 2.05) is 19.9 Å². The molecule has 0 aromatic heterocycles. The molecule has 0 bridgehead atoms. The lowest BCUT2D eigenvalue weighted by atomic mass is 9.89. The van der Waals surface area contributed by atoms with Gasteiger partial charge < -0.3 is 68.2 Å². The molecule has 2 aromatic carbocycles. The average molecular weight is 1270 g/mol. The van der Waals surface area contributed by atoms with Gasteiger partial charge in [0, 0.05) is 67.3 Å².